The third-order valence-corrected chi connectivity index (χ3v) is 5.94. The summed E-state index contributed by atoms with van der Waals surface area (Å²) in [7, 11) is -0.252. The zero-order chi connectivity index (χ0) is 14.2. The summed E-state index contributed by atoms with van der Waals surface area (Å²) in [6.45, 7) is 2.23. The van der Waals surface area contributed by atoms with Crippen LogP contribution in [0.2, 0.25) is 0 Å². The molecule has 0 N–H and O–H groups in total. The van der Waals surface area contributed by atoms with Crippen molar-refractivity contribution in [3.8, 4) is 16.4 Å². The van der Waals surface area contributed by atoms with Crippen LogP contribution in [0.3, 0.4) is 0 Å². The fourth-order valence-corrected chi connectivity index (χ4v) is 4.72. The zero-order valence-electron chi connectivity index (χ0n) is 12.1. The van der Waals surface area contributed by atoms with Crippen LogP contribution in [0, 0.1) is 0 Å². The molecule has 0 spiro atoms. The van der Waals surface area contributed by atoms with E-state index in [2.05, 4.69) is 79.2 Å². The number of allylic oxidation sites excluding steroid dienone is 1. The van der Waals surface area contributed by atoms with Crippen molar-refractivity contribution >= 4 is 13.6 Å². The normalized spacial score (nSPS) is 13.1. The summed E-state index contributed by atoms with van der Waals surface area (Å²) < 4.78 is 0. The van der Waals surface area contributed by atoms with E-state index in [1.54, 1.807) is 0 Å². The lowest BCUT2D eigenvalue weighted by Gasteiger charge is -2.12. The lowest BCUT2D eigenvalue weighted by atomic mass is 9.97. The van der Waals surface area contributed by atoms with Crippen LogP contribution in [-0.2, 0) is 6.42 Å². The third-order valence-electron chi connectivity index (χ3n) is 4.10. The van der Waals surface area contributed by atoms with Gasteiger partial charge in [-0.25, -0.2) is 0 Å². The second-order valence-corrected chi connectivity index (χ2v) is 7.62. The minimum atomic E-state index is -0.252. The SMILES string of the molecule is CC1=Cc2c(cc(-p3cccc3)cc2-c2ccccc2)C1. The minimum absolute atomic E-state index is 0.252. The second kappa shape index (κ2) is 5.06. The predicted octanol–water partition coefficient (Wildman–Crippen LogP) is 6.29. The molecule has 0 fully saturated rings. The van der Waals surface area contributed by atoms with Gasteiger partial charge in [-0.15, -0.1) is 0 Å². The Labute approximate surface area is 126 Å². The molecule has 0 nitrogen and oxygen atoms in total. The summed E-state index contributed by atoms with van der Waals surface area (Å²) in [5.74, 6) is 4.67. The van der Waals surface area contributed by atoms with Gasteiger partial charge in [-0.05, 0) is 64.6 Å². The van der Waals surface area contributed by atoms with Crippen molar-refractivity contribution < 1.29 is 0 Å². The Hall–Kier alpha value is -2.04. The number of fused-ring (bicyclic) bond motifs is 1. The Kier molecular flexibility index (Phi) is 3.05. The Bertz CT molecular complexity index is 809. The van der Waals surface area contributed by atoms with Crippen LogP contribution in [0.15, 0.2) is 71.8 Å². The molecule has 0 amide bonds. The topological polar surface area (TPSA) is 0 Å². The molecule has 0 aliphatic heterocycles. The van der Waals surface area contributed by atoms with E-state index < -0.39 is 0 Å². The van der Waals surface area contributed by atoms with E-state index in [-0.39, 0.29) is 7.53 Å². The zero-order valence-corrected chi connectivity index (χ0v) is 13.0. The lowest BCUT2D eigenvalue weighted by molar-refractivity contribution is 1.20. The molecule has 1 aliphatic rings. The minimum Gasteiger partial charge on any atom is -0.0934 e. The number of benzene rings is 2. The first-order valence-corrected chi connectivity index (χ1v) is 8.82. The standard InChI is InChI=1S/C20H17P/c1-15-11-17-13-18(21-9-5-6-10-21)14-20(19(17)12-15)16-7-3-2-4-8-16/h2-10,12-14H,11H2,1H3. The van der Waals surface area contributed by atoms with Gasteiger partial charge in [0.05, 0.1) is 0 Å². The Morgan fingerprint density at radius 3 is 2.43 bits per heavy atom. The summed E-state index contributed by atoms with van der Waals surface area (Å²) in [6, 6.07) is 19.9. The molecule has 0 unspecified atom stereocenters. The molecule has 1 heteroatoms. The highest BCUT2D eigenvalue weighted by Gasteiger charge is 2.16. The largest absolute Gasteiger partial charge is 0.0934 e. The highest BCUT2D eigenvalue weighted by Crippen LogP contribution is 2.44. The maximum Gasteiger partial charge on any atom is -0.00124 e. The van der Waals surface area contributed by atoms with Crippen molar-refractivity contribution in [1.29, 1.82) is 0 Å². The monoisotopic (exact) mass is 288 g/mol. The van der Waals surface area contributed by atoms with Crippen LogP contribution in [-0.4, -0.2) is 0 Å². The highest BCUT2D eigenvalue weighted by atomic mass is 31.1. The Balaban J connectivity index is 1.96. The van der Waals surface area contributed by atoms with Gasteiger partial charge in [0.15, 0.2) is 0 Å². The lowest BCUT2D eigenvalue weighted by Crippen LogP contribution is -1.88. The van der Waals surface area contributed by atoms with E-state index >= 15 is 0 Å². The molecular formula is C20H17P. The number of hydrogen-bond donors (Lipinski definition) is 0. The van der Waals surface area contributed by atoms with E-state index in [9.17, 15) is 0 Å². The van der Waals surface area contributed by atoms with Crippen LogP contribution < -0.4 is 0 Å². The van der Waals surface area contributed by atoms with Crippen molar-refractivity contribution in [2.75, 3.05) is 0 Å². The molecule has 1 aromatic heterocycles. The first kappa shape index (κ1) is 12.7. The molecule has 3 aromatic rings. The summed E-state index contributed by atoms with van der Waals surface area (Å²) in [4.78, 5) is 0. The van der Waals surface area contributed by atoms with Gasteiger partial charge in [0.25, 0.3) is 0 Å². The van der Waals surface area contributed by atoms with Gasteiger partial charge in [0, 0.05) is 0 Å². The van der Waals surface area contributed by atoms with Gasteiger partial charge in [-0.3, -0.25) is 0 Å². The fourth-order valence-electron chi connectivity index (χ4n) is 3.12. The Morgan fingerprint density at radius 1 is 0.905 bits per heavy atom. The van der Waals surface area contributed by atoms with Crippen LogP contribution >= 0.6 is 7.53 Å². The molecule has 1 aliphatic carbocycles. The first-order valence-electron chi connectivity index (χ1n) is 7.34. The van der Waals surface area contributed by atoms with Crippen molar-refractivity contribution in [3.63, 3.8) is 0 Å². The van der Waals surface area contributed by atoms with E-state index in [0.29, 0.717) is 0 Å². The summed E-state index contributed by atoms with van der Waals surface area (Å²) >= 11 is 0. The van der Waals surface area contributed by atoms with Gasteiger partial charge in [-0.1, -0.05) is 61.6 Å². The van der Waals surface area contributed by atoms with Gasteiger partial charge in [0.1, 0.15) is 0 Å². The number of rotatable bonds is 2. The smallest absolute Gasteiger partial charge is 0.00124 e. The molecule has 0 saturated carbocycles. The molecule has 4 rings (SSSR count). The maximum atomic E-state index is 2.42. The van der Waals surface area contributed by atoms with Crippen molar-refractivity contribution in [2.24, 2.45) is 0 Å². The predicted molar refractivity (Wildman–Crippen MR) is 93.3 cm³/mol. The molecule has 0 atom stereocenters. The van der Waals surface area contributed by atoms with Gasteiger partial charge in [-0.2, -0.15) is 0 Å². The molecule has 1 heterocycles. The molecule has 102 valence electrons. The van der Waals surface area contributed by atoms with Gasteiger partial charge < -0.3 is 0 Å². The molecule has 2 aromatic carbocycles. The molecular weight excluding hydrogens is 271 g/mol. The highest BCUT2D eigenvalue weighted by molar-refractivity contribution is 7.56. The average Bonchev–Trinajstić information content (AvgIpc) is 3.15. The van der Waals surface area contributed by atoms with Crippen molar-refractivity contribution in [3.05, 3.63) is 82.9 Å². The quantitative estimate of drug-likeness (QED) is 0.520. The molecule has 0 radical (unpaired) electrons. The van der Waals surface area contributed by atoms with Gasteiger partial charge >= 0.3 is 0 Å². The second-order valence-electron chi connectivity index (χ2n) is 5.69. The number of hydrogen-bond acceptors (Lipinski definition) is 0. The van der Waals surface area contributed by atoms with E-state index in [0.717, 1.165) is 6.42 Å². The summed E-state index contributed by atoms with van der Waals surface area (Å²) in [5.41, 5.74) is 7.08. The van der Waals surface area contributed by atoms with Crippen molar-refractivity contribution in [1.82, 2.24) is 0 Å². The summed E-state index contributed by atoms with van der Waals surface area (Å²) in [5, 5.41) is 1.47. The first-order chi connectivity index (χ1) is 10.3. The van der Waals surface area contributed by atoms with E-state index in [4.69, 9.17) is 0 Å². The van der Waals surface area contributed by atoms with Crippen LogP contribution in [0.4, 0.5) is 0 Å². The van der Waals surface area contributed by atoms with Crippen LogP contribution in [0.1, 0.15) is 18.1 Å². The van der Waals surface area contributed by atoms with E-state index in [1.807, 2.05) is 0 Å². The average molecular weight is 288 g/mol. The van der Waals surface area contributed by atoms with Gasteiger partial charge in [0.2, 0.25) is 0 Å². The fraction of sp³-hybridized carbons (Fsp3) is 0.100. The Morgan fingerprint density at radius 2 is 1.67 bits per heavy atom. The van der Waals surface area contributed by atoms with Crippen LogP contribution in [0.25, 0.3) is 22.5 Å². The molecule has 0 saturated heterocycles. The van der Waals surface area contributed by atoms with Crippen LogP contribution in [0.5, 0.6) is 0 Å². The third kappa shape index (κ3) is 2.26. The van der Waals surface area contributed by atoms with Crippen molar-refractivity contribution in [2.45, 2.75) is 13.3 Å². The van der Waals surface area contributed by atoms with E-state index in [1.165, 1.54) is 33.1 Å². The summed E-state index contributed by atoms with van der Waals surface area (Å²) in [6.07, 6.45) is 3.45. The molecule has 0 bridgehead atoms. The maximum absolute atomic E-state index is 2.42. The molecule has 21 heavy (non-hydrogen) atoms.